The van der Waals surface area contributed by atoms with Gasteiger partial charge in [0.2, 0.25) is 0 Å². The Morgan fingerprint density at radius 2 is 1.10 bits per heavy atom. The topological polar surface area (TPSA) is 58.7 Å². The molecule has 8 heteroatoms. The number of methoxy groups -OCH3 is 1. The van der Waals surface area contributed by atoms with Gasteiger partial charge < -0.3 is 18.9 Å². The third-order valence-electron chi connectivity index (χ3n) is 2.15. The third kappa shape index (κ3) is 12.7. The van der Waals surface area contributed by atoms with Crippen LogP contribution >= 0.6 is 0 Å². The van der Waals surface area contributed by atoms with Gasteiger partial charge in [0.05, 0.1) is 6.73 Å². The van der Waals surface area contributed by atoms with Crippen LogP contribution in [0, 0.1) is 0 Å². The fraction of sp³-hybridized carbons (Fsp3) is 1.00. The van der Waals surface area contributed by atoms with Gasteiger partial charge in [-0.3, -0.25) is 20.0 Å². The number of ether oxygens (including phenoxy) is 4. The lowest BCUT2D eigenvalue weighted by Crippen LogP contribution is -2.32. The number of nitrogens with one attached hydrogen (secondary N) is 1. The van der Waals surface area contributed by atoms with E-state index in [4.69, 9.17) is 18.9 Å². The average Bonchev–Trinajstić information content (AvgIpc) is 2.39. The Morgan fingerprint density at radius 3 is 1.50 bits per heavy atom. The molecule has 0 atom stereocenters. The van der Waals surface area contributed by atoms with Crippen LogP contribution in [0.25, 0.3) is 0 Å². The molecule has 0 fully saturated rings. The van der Waals surface area contributed by atoms with E-state index in [0.29, 0.717) is 47.1 Å². The van der Waals surface area contributed by atoms with Crippen LogP contribution in [0.1, 0.15) is 0 Å². The van der Waals surface area contributed by atoms with Gasteiger partial charge in [-0.25, -0.2) is 0 Å². The van der Waals surface area contributed by atoms with Crippen molar-refractivity contribution in [3.63, 3.8) is 0 Å². The Bertz CT molecular complexity index is 212. The van der Waals surface area contributed by atoms with Crippen molar-refractivity contribution in [1.82, 2.24) is 20.0 Å². The first-order chi connectivity index (χ1) is 9.60. The Morgan fingerprint density at radius 1 is 0.700 bits per heavy atom. The summed E-state index contributed by atoms with van der Waals surface area (Å²) in [5, 5.41) is 2.91. The van der Waals surface area contributed by atoms with Gasteiger partial charge >= 0.3 is 0 Å². The molecule has 0 radical (unpaired) electrons. The molecule has 0 aliphatic heterocycles. The summed E-state index contributed by atoms with van der Waals surface area (Å²) in [5.74, 6) is 0. The molecule has 0 heterocycles. The lowest BCUT2D eigenvalue weighted by Gasteiger charge is -2.22. The zero-order chi connectivity index (χ0) is 15.2. The standard InChI is InChI=1S/C12H30N4O4/c1-13-6-18-8-15(3)10-20-12-16(4)11-19-9-14(2)7-17-5/h13H,6-12H2,1-5H3. The molecular weight excluding hydrogens is 264 g/mol. The predicted molar refractivity (Wildman–Crippen MR) is 76.7 cm³/mol. The minimum Gasteiger partial charge on any atom is -0.369 e. The van der Waals surface area contributed by atoms with Crippen LogP contribution in [0.4, 0.5) is 0 Å². The van der Waals surface area contributed by atoms with Crippen LogP contribution in [0.2, 0.25) is 0 Å². The Labute approximate surface area is 122 Å². The first-order valence-electron chi connectivity index (χ1n) is 6.52. The third-order valence-corrected chi connectivity index (χ3v) is 2.15. The predicted octanol–water partition coefficient (Wildman–Crippen LogP) is -0.600. The molecule has 0 aromatic rings. The first kappa shape index (κ1) is 19.7. The summed E-state index contributed by atoms with van der Waals surface area (Å²) in [6, 6.07) is 0. The summed E-state index contributed by atoms with van der Waals surface area (Å²) in [6.07, 6.45) is 0. The molecule has 0 saturated carbocycles. The molecule has 0 aliphatic rings. The van der Waals surface area contributed by atoms with Crippen molar-refractivity contribution >= 4 is 0 Å². The molecule has 20 heavy (non-hydrogen) atoms. The summed E-state index contributed by atoms with van der Waals surface area (Å²) < 4.78 is 21.3. The fourth-order valence-electron chi connectivity index (χ4n) is 1.34. The molecule has 8 nitrogen and oxygen atoms in total. The van der Waals surface area contributed by atoms with Crippen molar-refractivity contribution < 1.29 is 18.9 Å². The van der Waals surface area contributed by atoms with Crippen LogP contribution in [0.3, 0.4) is 0 Å². The van der Waals surface area contributed by atoms with E-state index in [2.05, 4.69) is 5.32 Å². The first-order valence-corrected chi connectivity index (χ1v) is 6.52. The summed E-state index contributed by atoms with van der Waals surface area (Å²) in [6.45, 7) is 3.67. The maximum absolute atomic E-state index is 5.53. The van der Waals surface area contributed by atoms with Gasteiger partial charge in [-0.2, -0.15) is 0 Å². The van der Waals surface area contributed by atoms with Gasteiger partial charge in [0.25, 0.3) is 0 Å². The highest BCUT2D eigenvalue weighted by atomic mass is 16.5. The average molecular weight is 294 g/mol. The van der Waals surface area contributed by atoms with Gasteiger partial charge in [-0.05, 0) is 28.2 Å². The molecule has 0 bridgehead atoms. The van der Waals surface area contributed by atoms with E-state index in [0.717, 1.165) is 0 Å². The number of nitrogens with zero attached hydrogens (tertiary/aromatic N) is 3. The van der Waals surface area contributed by atoms with E-state index < -0.39 is 0 Å². The van der Waals surface area contributed by atoms with Gasteiger partial charge in [0.15, 0.2) is 0 Å². The van der Waals surface area contributed by atoms with Gasteiger partial charge in [0, 0.05) is 7.11 Å². The molecule has 0 unspecified atom stereocenters. The Hall–Kier alpha value is -0.320. The highest BCUT2D eigenvalue weighted by molar-refractivity contribution is 4.38. The molecule has 0 aromatic carbocycles. The monoisotopic (exact) mass is 294 g/mol. The molecule has 0 spiro atoms. The number of hydrogen-bond donors (Lipinski definition) is 1. The highest BCUT2D eigenvalue weighted by Gasteiger charge is 2.02. The second kappa shape index (κ2) is 13.7. The SMILES string of the molecule is CNCOCN(C)COCN(C)COCN(C)COC. The van der Waals surface area contributed by atoms with Gasteiger partial charge in [-0.1, -0.05) is 0 Å². The number of hydrogen-bond acceptors (Lipinski definition) is 8. The molecule has 122 valence electrons. The highest BCUT2D eigenvalue weighted by Crippen LogP contribution is 1.91. The molecular formula is C12H30N4O4. The normalized spacial score (nSPS) is 12.0. The van der Waals surface area contributed by atoms with Crippen LogP contribution < -0.4 is 5.32 Å². The Balaban J connectivity index is 3.41. The quantitative estimate of drug-likeness (QED) is 0.337. The van der Waals surface area contributed by atoms with Crippen LogP contribution in [-0.2, 0) is 18.9 Å². The van der Waals surface area contributed by atoms with Crippen LogP contribution in [0.15, 0.2) is 0 Å². The van der Waals surface area contributed by atoms with Gasteiger partial charge in [-0.15, -0.1) is 0 Å². The lowest BCUT2D eigenvalue weighted by atomic mass is 10.8. The largest absolute Gasteiger partial charge is 0.369 e. The van der Waals surface area contributed by atoms with E-state index >= 15 is 0 Å². The summed E-state index contributed by atoms with van der Waals surface area (Å²) in [7, 11) is 9.31. The summed E-state index contributed by atoms with van der Waals surface area (Å²) in [5.41, 5.74) is 0. The summed E-state index contributed by atoms with van der Waals surface area (Å²) in [4.78, 5) is 5.82. The van der Waals surface area contributed by atoms with Crippen LogP contribution in [-0.4, -0.2) is 97.1 Å². The zero-order valence-corrected chi connectivity index (χ0v) is 13.4. The second-order valence-electron chi connectivity index (χ2n) is 4.74. The minimum absolute atomic E-state index is 0.504. The van der Waals surface area contributed by atoms with Crippen molar-refractivity contribution in [2.24, 2.45) is 0 Å². The van der Waals surface area contributed by atoms with Crippen molar-refractivity contribution in [2.45, 2.75) is 0 Å². The van der Waals surface area contributed by atoms with Crippen molar-refractivity contribution in [2.75, 3.05) is 82.4 Å². The Kier molecular flexibility index (Phi) is 13.4. The maximum Gasteiger partial charge on any atom is 0.102 e. The van der Waals surface area contributed by atoms with Crippen LogP contribution in [0.5, 0.6) is 0 Å². The molecule has 0 rings (SSSR count). The van der Waals surface area contributed by atoms with E-state index in [-0.39, 0.29) is 0 Å². The summed E-state index contributed by atoms with van der Waals surface area (Å²) >= 11 is 0. The molecule has 0 amide bonds. The van der Waals surface area contributed by atoms with E-state index in [1.165, 1.54) is 0 Å². The fourth-order valence-corrected chi connectivity index (χ4v) is 1.34. The van der Waals surface area contributed by atoms with Crippen molar-refractivity contribution in [3.05, 3.63) is 0 Å². The maximum atomic E-state index is 5.53. The number of rotatable bonds is 14. The van der Waals surface area contributed by atoms with E-state index in [1.54, 1.807) is 7.11 Å². The molecule has 0 saturated heterocycles. The molecule has 0 aliphatic carbocycles. The smallest absolute Gasteiger partial charge is 0.102 e. The van der Waals surface area contributed by atoms with Crippen molar-refractivity contribution in [3.8, 4) is 0 Å². The van der Waals surface area contributed by atoms with Gasteiger partial charge in [0.1, 0.15) is 40.4 Å². The van der Waals surface area contributed by atoms with E-state index in [9.17, 15) is 0 Å². The second-order valence-corrected chi connectivity index (χ2v) is 4.74. The molecule has 0 aromatic heterocycles. The lowest BCUT2D eigenvalue weighted by molar-refractivity contribution is -0.0972. The minimum atomic E-state index is 0.504. The zero-order valence-electron chi connectivity index (χ0n) is 13.4. The van der Waals surface area contributed by atoms with E-state index in [1.807, 2.05) is 42.9 Å². The molecule has 1 N–H and O–H groups in total. The van der Waals surface area contributed by atoms with Crippen molar-refractivity contribution in [1.29, 1.82) is 0 Å².